The first kappa shape index (κ1) is 8.99. The van der Waals surface area contributed by atoms with Crippen LogP contribution in [0.1, 0.15) is 13.8 Å². The molecule has 0 aliphatic rings. The van der Waals surface area contributed by atoms with Gasteiger partial charge in [0, 0.05) is 12.1 Å². The molecule has 0 N–H and O–H groups in total. The van der Waals surface area contributed by atoms with Crippen molar-refractivity contribution in [2.24, 2.45) is 5.92 Å². The Hall–Kier alpha value is -0.0100. The minimum Gasteiger partial charge on any atom is -0.377 e. The highest BCUT2D eigenvalue weighted by molar-refractivity contribution is 6.25. The zero-order chi connectivity index (χ0) is 7.11. The quantitative estimate of drug-likeness (QED) is 0.557. The van der Waals surface area contributed by atoms with E-state index in [4.69, 9.17) is 16.3 Å². The molecule has 0 aromatic rings. The largest absolute Gasteiger partial charge is 0.377 e. The molecule has 54 valence electrons. The van der Waals surface area contributed by atoms with E-state index in [0.29, 0.717) is 12.5 Å². The Morgan fingerprint density at radius 3 is 2.67 bits per heavy atom. The smallest absolute Gasteiger partial charge is 0.0659 e. The van der Waals surface area contributed by atoms with Crippen molar-refractivity contribution in [2.75, 3.05) is 13.2 Å². The fourth-order valence-electron chi connectivity index (χ4n) is 0.408. The maximum Gasteiger partial charge on any atom is 0.0659 e. The lowest BCUT2D eigenvalue weighted by molar-refractivity contribution is 0.135. The molecule has 0 aromatic carbocycles. The lowest BCUT2D eigenvalue weighted by Gasteiger charge is -2.02. The number of hydrogen-bond donors (Lipinski definition) is 0. The first-order chi connectivity index (χ1) is 4.27. The maximum atomic E-state index is 5.26. The summed E-state index contributed by atoms with van der Waals surface area (Å²) in [6.45, 7) is 5.66. The van der Waals surface area contributed by atoms with E-state index in [9.17, 15) is 0 Å². The Bertz CT molecular complexity index is 79.0. The zero-order valence-corrected chi connectivity index (χ0v) is 6.69. The molecule has 9 heavy (non-hydrogen) atoms. The molecule has 0 radical (unpaired) electrons. The molecule has 0 aromatic heterocycles. The zero-order valence-electron chi connectivity index (χ0n) is 5.93. The molecule has 0 aliphatic carbocycles. The van der Waals surface area contributed by atoms with Gasteiger partial charge in [0.2, 0.25) is 0 Å². The third-order valence-corrected chi connectivity index (χ3v) is 0.933. The summed E-state index contributed by atoms with van der Waals surface area (Å²) in [5, 5.41) is 0. The van der Waals surface area contributed by atoms with Gasteiger partial charge in [0.25, 0.3) is 0 Å². The van der Waals surface area contributed by atoms with Gasteiger partial charge in [-0.05, 0) is 12.0 Å². The van der Waals surface area contributed by atoms with Crippen LogP contribution in [0.15, 0.2) is 11.6 Å². The van der Waals surface area contributed by atoms with Crippen molar-refractivity contribution >= 4 is 11.6 Å². The predicted octanol–water partition coefficient (Wildman–Crippen LogP) is 2.41. The van der Waals surface area contributed by atoms with E-state index < -0.39 is 0 Å². The lowest BCUT2D eigenvalue weighted by Crippen LogP contribution is -2.00. The fraction of sp³-hybridized carbons (Fsp3) is 0.714. The van der Waals surface area contributed by atoms with Crippen LogP contribution in [0.5, 0.6) is 0 Å². The Morgan fingerprint density at radius 1 is 1.56 bits per heavy atom. The second-order valence-corrected chi connectivity index (χ2v) is 2.54. The van der Waals surface area contributed by atoms with Crippen LogP contribution in [0, 0.1) is 5.92 Å². The number of hydrogen-bond acceptors (Lipinski definition) is 1. The van der Waals surface area contributed by atoms with E-state index in [1.165, 1.54) is 5.54 Å². The molecule has 0 unspecified atom stereocenters. The molecule has 0 spiro atoms. The van der Waals surface area contributed by atoms with Gasteiger partial charge in [-0.3, -0.25) is 0 Å². The van der Waals surface area contributed by atoms with Crippen molar-refractivity contribution < 1.29 is 4.74 Å². The third kappa shape index (κ3) is 7.99. The maximum absolute atomic E-state index is 5.26. The van der Waals surface area contributed by atoms with Crippen molar-refractivity contribution in [1.82, 2.24) is 0 Å². The summed E-state index contributed by atoms with van der Waals surface area (Å²) in [6, 6.07) is 0. The van der Waals surface area contributed by atoms with Crippen LogP contribution < -0.4 is 0 Å². The summed E-state index contributed by atoms with van der Waals surface area (Å²) < 4.78 is 5.16. The monoisotopic (exact) mass is 148 g/mol. The van der Waals surface area contributed by atoms with Gasteiger partial charge in [-0.1, -0.05) is 25.4 Å². The molecule has 1 nitrogen and oxygen atoms in total. The van der Waals surface area contributed by atoms with Crippen LogP contribution in [0.3, 0.4) is 0 Å². The number of ether oxygens (including phenoxy) is 1. The summed E-state index contributed by atoms with van der Waals surface area (Å²) in [5.41, 5.74) is 1.47. The van der Waals surface area contributed by atoms with E-state index in [2.05, 4.69) is 13.8 Å². The van der Waals surface area contributed by atoms with Crippen molar-refractivity contribution in [1.29, 1.82) is 0 Å². The minimum atomic E-state index is 0.605. The second-order valence-electron chi connectivity index (χ2n) is 2.29. The highest BCUT2D eigenvalue weighted by Crippen LogP contribution is 1.92. The van der Waals surface area contributed by atoms with Crippen LogP contribution in [0.2, 0.25) is 0 Å². The SMILES string of the molecule is CC(C)COC/C=C/Cl. The summed E-state index contributed by atoms with van der Waals surface area (Å²) in [6.07, 6.45) is 1.78. The van der Waals surface area contributed by atoms with Crippen molar-refractivity contribution in [3.05, 3.63) is 11.6 Å². The van der Waals surface area contributed by atoms with E-state index in [1.807, 2.05) is 0 Å². The molecule has 0 fully saturated rings. The van der Waals surface area contributed by atoms with Crippen molar-refractivity contribution in [3.8, 4) is 0 Å². The summed E-state index contributed by atoms with van der Waals surface area (Å²) in [7, 11) is 0. The summed E-state index contributed by atoms with van der Waals surface area (Å²) in [5.74, 6) is 0.605. The summed E-state index contributed by atoms with van der Waals surface area (Å²) in [4.78, 5) is 0. The Morgan fingerprint density at radius 2 is 2.22 bits per heavy atom. The Labute approximate surface area is 61.7 Å². The number of rotatable bonds is 4. The Balaban J connectivity index is 2.91. The van der Waals surface area contributed by atoms with Gasteiger partial charge in [-0.15, -0.1) is 0 Å². The third-order valence-electron chi connectivity index (χ3n) is 0.754. The molecule has 0 amide bonds. The van der Waals surface area contributed by atoms with Gasteiger partial charge < -0.3 is 4.74 Å². The van der Waals surface area contributed by atoms with Gasteiger partial charge in [-0.2, -0.15) is 0 Å². The van der Waals surface area contributed by atoms with Gasteiger partial charge in [0.15, 0.2) is 0 Å². The molecule has 0 rings (SSSR count). The second kappa shape index (κ2) is 6.12. The molecule has 2 heteroatoms. The normalized spacial score (nSPS) is 11.6. The van der Waals surface area contributed by atoms with Crippen molar-refractivity contribution in [2.45, 2.75) is 13.8 Å². The van der Waals surface area contributed by atoms with E-state index in [-0.39, 0.29) is 0 Å². The molecule has 0 saturated carbocycles. The van der Waals surface area contributed by atoms with E-state index in [0.717, 1.165) is 6.61 Å². The van der Waals surface area contributed by atoms with Gasteiger partial charge in [-0.25, -0.2) is 0 Å². The molecule has 0 bridgehead atoms. The average Bonchev–Trinajstić information content (AvgIpc) is 1.80. The van der Waals surface area contributed by atoms with Gasteiger partial charge in [0.05, 0.1) is 6.61 Å². The fourth-order valence-corrected chi connectivity index (χ4v) is 0.481. The molecule has 0 aliphatic heterocycles. The van der Waals surface area contributed by atoms with Crippen LogP contribution in [0.4, 0.5) is 0 Å². The van der Waals surface area contributed by atoms with Crippen molar-refractivity contribution in [3.63, 3.8) is 0 Å². The highest BCUT2D eigenvalue weighted by Gasteiger charge is 1.89. The topological polar surface area (TPSA) is 9.23 Å². The molecule has 0 saturated heterocycles. The molecular formula is C7H13ClO. The van der Waals surface area contributed by atoms with Crippen LogP contribution >= 0.6 is 11.6 Å². The first-order valence-corrected chi connectivity index (χ1v) is 3.54. The standard InChI is InChI=1S/C7H13ClO/c1-7(2)6-9-5-3-4-8/h3-4,7H,5-6H2,1-2H3/b4-3+. The van der Waals surface area contributed by atoms with Crippen LogP contribution in [-0.4, -0.2) is 13.2 Å². The average molecular weight is 149 g/mol. The predicted molar refractivity (Wildman–Crippen MR) is 40.7 cm³/mol. The van der Waals surface area contributed by atoms with Crippen LogP contribution in [-0.2, 0) is 4.74 Å². The molecule has 0 heterocycles. The molecular weight excluding hydrogens is 136 g/mol. The molecule has 0 atom stereocenters. The van der Waals surface area contributed by atoms with Crippen LogP contribution in [0.25, 0.3) is 0 Å². The van der Waals surface area contributed by atoms with E-state index >= 15 is 0 Å². The number of halogens is 1. The highest BCUT2D eigenvalue weighted by atomic mass is 35.5. The Kier molecular flexibility index (Phi) is 6.11. The first-order valence-electron chi connectivity index (χ1n) is 3.10. The minimum absolute atomic E-state index is 0.605. The van der Waals surface area contributed by atoms with E-state index in [1.54, 1.807) is 6.08 Å². The van der Waals surface area contributed by atoms with Gasteiger partial charge in [0.1, 0.15) is 0 Å². The van der Waals surface area contributed by atoms with Gasteiger partial charge >= 0.3 is 0 Å². The lowest BCUT2D eigenvalue weighted by atomic mass is 10.2. The summed E-state index contributed by atoms with van der Waals surface area (Å²) >= 11 is 5.26.